The molecule has 0 bridgehead atoms. The fourth-order valence-corrected chi connectivity index (χ4v) is 4.37. The molecule has 2 fully saturated rings. The second kappa shape index (κ2) is 7.48. The van der Waals surface area contributed by atoms with Gasteiger partial charge in [0.1, 0.15) is 5.82 Å². The molecule has 1 saturated heterocycles. The van der Waals surface area contributed by atoms with Crippen LogP contribution in [0.2, 0.25) is 10.0 Å². The summed E-state index contributed by atoms with van der Waals surface area (Å²) in [6.45, 7) is 3.76. The molecule has 1 aromatic rings. The van der Waals surface area contributed by atoms with Crippen molar-refractivity contribution >= 4 is 23.2 Å². The van der Waals surface area contributed by atoms with Crippen LogP contribution in [0.1, 0.15) is 43.7 Å². The third-order valence-electron chi connectivity index (χ3n) is 5.02. The molecule has 22 heavy (non-hydrogen) atoms. The smallest absolute Gasteiger partial charge is 0.129 e. The van der Waals surface area contributed by atoms with E-state index in [1.165, 1.54) is 25.3 Å². The number of nitrogens with one attached hydrogen (secondary N) is 1. The van der Waals surface area contributed by atoms with E-state index in [1.54, 1.807) is 6.07 Å². The molecular formula is C17H23Cl2FN2. The van der Waals surface area contributed by atoms with Gasteiger partial charge >= 0.3 is 0 Å². The fourth-order valence-electron chi connectivity index (χ4n) is 3.94. The Morgan fingerprint density at radius 3 is 2.45 bits per heavy atom. The standard InChI is InChI=1S/C17H23Cl2FN2/c18-13-6-7-14(20)15(16(13)19)17(12-4-2-1-3-5-12)22-10-8-21-9-11-22/h6-7,12,17,21H,1-5,8-11H2/t17-/m1/s1. The zero-order chi connectivity index (χ0) is 15.5. The van der Waals surface area contributed by atoms with E-state index in [9.17, 15) is 4.39 Å². The average molecular weight is 345 g/mol. The van der Waals surface area contributed by atoms with Crippen molar-refractivity contribution in [3.8, 4) is 0 Å². The summed E-state index contributed by atoms with van der Waals surface area (Å²) < 4.78 is 14.6. The molecule has 0 amide bonds. The molecule has 1 saturated carbocycles. The summed E-state index contributed by atoms with van der Waals surface area (Å²) >= 11 is 12.6. The molecule has 1 heterocycles. The van der Waals surface area contributed by atoms with Crippen LogP contribution in [-0.4, -0.2) is 31.1 Å². The monoisotopic (exact) mass is 344 g/mol. The minimum absolute atomic E-state index is 0.0496. The van der Waals surface area contributed by atoms with Crippen LogP contribution in [0, 0.1) is 11.7 Å². The third kappa shape index (κ3) is 3.43. The Morgan fingerprint density at radius 1 is 1.09 bits per heavy atom. The van der Waals surface area contributed by atoms with Crippen molar-refractivity contribution < 1.29 is 4.39 Å². The van der Waals surface area contributed by atoms with Crippen molar-refractivity contribution in [2.75, 3.05) is 26.2 Å². The van der Waals surface area contributed by atoms with Crippen LogP contribution in [0.4, 0.5) is 4.39 Å². The number of nitrogens with zero attached hydrogens (tertiary/aromatic N) is 1. The van der Waals surface area contributed by atoms with Crippen LogP contribution in [-0.2, 0) is 0 Å². The molecule has 2 aliphatic rings. The molecule has 1 N–H and O–H groups in total. The summed E-state index contributed by atoms with van der Waals surface area (Å²) in [6.07, 6.45) is 6.05. The van der Waals surface area contributed by atoms with Crippen molar-refractivity contribution in [3.63, 3.8) is 0 Å². The molecule has 122 valence electrons. The summed E-state index contributed by atoms with van der Waals surface area (Å²) in [7, 11) is 0. The number of benzene rings is 1. The van der Waals surface area contributed by atoms with E-state index in [1.807, 2.05) is 0 Å². The van der Waals surface area contributed by atoms with Gasteiger partial charge in [-0.3, -0.25) is 4.90 Å². The highest BCUT2D eigenvalue weighted by Gasteiger charge is 2.34. The fraction of sp³-hybridized carbons (Fsp3) is 0.647. The highest BCUT2D eigenvalue weighted by molar-refractivity contribution is 6.42. The van der Waals surface area contributed by atoms with E-state index in [0.29, 0.717) is 21.5 Å². The maximum absolute atomic E-state index is 14.6. The van der Waals surface area contributed by atoms with Crippen LogP contribution in [0.3, 0.4) is 0 Å². The zero-order valence-corrected chi connectivity index (χ0v) is 14.3. The van der Waals surface area contributed by atoms with Crippen LogP contribution in [0.15, 0.2) is 12.1 Å². The molecule has 1 aliphatic heterocycles. The lowest BCUT2D eigenvalue weighted by Gasteiger charge is -2.41. The lowest BCUT2D eigenvalue weighted by molar-refractivity contribution is 0.101. The molecular weight excluding hydrogens is 322 g/mol. The van der Waals surface area contributed by atoms with Gasteiger partial charge in [0.15, 0.2) is 0 Å². The van der Waals surface area contributed by atoms with Gasteiger partial charge in [-0.25, -0.2) is 4.39 Å². The second-order valence-corrected chi connectivity index (χ2v) is 7.17. The minimum Gasteiger partial charge on any atom is -0.314 e. The predicted molar refractivity (Wildman–Crippen MR) is 90.2 cm³/mol. The normalized spacial score (nSPS) is 22.7. The Kier molecular flexibility index (Phi) is 5.61. The number of hydrogen-bond donors (Lipinski definition) is 1. The van der Waals surface area contributed by atoms with Crippen LogP contribution in [0.25, 0.3) is 0 Å². The Balaban J connectivity index is 1.98. The van der Waals surface area contributed by atoms with E-state index < -0.39 is 0 Å². The topological polar surface area (TPSA) is 15.3 Å². The van der Waals surface area contributed by atoms with Crippen LogP contribution >= 0.6 is 23.2 Å². The van der Waals surface area contributed by atoms with E-state index in [-0.39, 0.29) is 11.9 Å². The molecule has 0 radical (unpaired) electrons. The summed E-state index contributed by atoms with van der Waals surface area (Å²) in [6, 6.07) is 3.06. The quantitative estimate of drug-likeness (QED) is 0.802. The third-order valence-corrected chi connectivity index (χ3v) is 5.84. The minimum atomic E-state index is -0.219. The largest absolute Gasteiger partial charge is 0.314 e. The highest BCUT2D eigenvalue weighted by atomic mass is 35.5. The predicted octanol–water partition coefficient (Wildman–Crippen LogP) is 4.66. The maximum atomic E-state index is 14.6. The average Bonchev–Trinajstić information content (AvgIpc) is 2.57. The summed E-state index contributed by atoms with van der Waals surface area (Å²) in [5.41, 5.74) is 0.614. The summed E-state index contributed by atoms with van der Waals surface area (Å²) in [4.78, 5) is 2.40. The van der Waals surface area contributed by atoms with E-state index in [2.05, 4.69) is 10.2 Å². The van der Waals surface area contributed by atoms with Gasteiger partial charge in [0.05, 0.1) is 10.0 Å². The first-order valence-corrected chi connectivity index (χ1v) is 9.02. The molecule has 0 unspecified atom stereocenters. The maximum Gasteiger partial charge on any atom is 0.129 e. The van der Waals surface area contributed by atoms with Gasteiger partial charge in [0.2, 0.25) is 0 Å². The number of halogens is 3. The van der Waals surface area contributed by atoms with Crippen molar-refractivity contribution in [1.82, 2.24) is 10.2 Å². The molecule has 3 rings (SSSR count). The number of hydrogen-bond acceptors (Lipinski definition) is 2. The van der Waals surface area contributed by atoms with E-state index in [0.717, 1.165) is 39.0 Å². The molecule has 1 aliphatic carbocycles. The second-order valence-electron chi connectivity index (χ2n) is 6.39. The van der Waals surface area contributed by atoms with Crippen molar-refractivity contribution in [1.29, 1.82) is 0 Å². The van der Waals surface area contributed by atoms with Gasteiger partial charge in [-0.05, 0) is 30.9 Å². The number of rotatable bonds is 3. The first-order valence-electron chi connectivity index (χ1n) is 8.26. The van der Waals surface area contributed by atoms with Gasteiger partial charge < -0.3 is 5.32 Å². The molecule has 5 heteroatoms. The SMILES string of the molecule is Fc1ccc(Cl)c(Cl)c1[C@@H](C1CCCCC1)N1CCNCC1. The Bertz CT molecular complexity index is 494. The molecule has 1 aromatic carbocycles. The van der Waals surface area contributed by atoms with Crippen molar-refractivity contribution in [2.24, 2.45) is 5.92 Å². The summed E-state index contributed by atoms with van der Waals surface area (Å²) in [5, 5.41) is 4.22. The Morgan fingerprint density at radius 2 is 1.77 bits per heavy atom. The van der Waals surface area contributed by atoms with E-state index in [4.69, 9.17) is 23.2 Å². The summed E-state index contributed by atoms with van der Waals surface area (Å²) in [5.74, 6) is 0.251. The van der Waals surface area contributed by atoms with Crippen LogP contribution in [0.5, 0.6) is 0 Å². The Hall–Kier alpha value is -0.350. The van der Waals surface area contributed by atoms with Gasteiger partial charge in [-0.1, -0.05) is 42.5 Å². The lowest BCUT2D eigenvalue weighted by atomic mass is 9.80. The van der Waals surface area contributed by atoms with Gasteiger partial charge in [-0.15, -0.1) is 0 Å². The van der Waals surface area contributed by atoms with Gasteiger partial charge in [0, 0.05) is 37.8 Å². The number of piperazine rings is 1. The van der Waals surface area contributed by atoms with E-state index >= 15 is 0 Å². The van der Waals surface area contributed by atoms with Crippen LogP contribution < -0.4 is 5.32 Å². The first-order chi connectivity index (χ1) is 10.7. The molecule has 0 aromatic heterocycles. The Labute approximate surface area is 142 Å². The molecule has 0 spiro atoms. The van der Waals surface area contributed by atoms with Crippen molar-refractivity contribution in [2.45, 2.75) is 38.1 Å². The molecule has 1 atom stereocenters. The lowest BCUT2D eigenvalue weighted by Crippen LogP contribution is -2.47. The molecule has 2 nitrogen and oxygen atoms in total. The highest BCUT2D eigenvalue weighted by Crippen LogP contribution is 2.43. The zero-order valence-electron chi connectivity index (χ0n) is 12.8. The van der Waals surface area contributed by atoms with Gasteiger partial charge in [0.25, 0.3) is 0 Å². The van der Waals surface area contributed by atoms with Gasteiger partial charge in [-0.2, -0.15) is 0 Å². The first kappa shape index (κ1) is 16.5. The van der Waals surface area contributed by atoms with Crippen molar-refractivity contribution in [3.05, 3.63) is 33.6 Å².